The highest BCUT2D eigenvalue weighted by molar-refractivity contribution is 7.92. The van der Waals surface area contributed by atoms with Crippen LogP contribution >= 0.6 is 0 Å². The van der Waals surface area contributed by atoms with Crippen molar-refractivity contribution in [1.82, 2.24) is 4.98 Å². The van der Waals surface area contributed by atoms with Crippen molar-refractivity contribution in [2.24, 2.45) is 0 Å². The summed E-state index contributed by atoms with van der Waals surface area (Å²) in [5.74, 6) is 0.977. The SMILES string of the molecule is COc1ccc(S(=O)(=O)Nc2c(C#N)cc(OC)cc2/C=C/c2ccncc2)cc1. The summed E-state index contributed by atoms with van der Waals surface area (Å²) >= 11 is 0. The fourth-order valence-corrected chi connectivity index (χ4v) is 3.81. The maximum atomic E-state index is 12.9. The number of nitrogens with one attached hydrogen (secondary N) is 1. The molecule has 0 saturated carbocycles. The Labute approximate surface area is 175 Å². The number of nitriles is 1. The van der Waals surface area contributed by atoms with E-state index >= 15 is 0 Å². The van der Waals surface area contributed by atoms with Crippen LogP contribution in [0.4, 0.5) is 5.69 Å². The van der Waals surface area contributed by atoms with Gasteiger partial charge in [-0.2, -0.15) is 5.26 Å². The minimum Gasteiger partial charge on any atom is -0.497 e. The molecule has 1 heterocycles. The first-order valence-electron chi connectivity index (χ1n) is 8.84. The Kier molecular flexibility index (Phi) is 6.35. The van der Waals surface area contributed by atoms with Gasteiger partial charge < -0.3 is 9.47 Å². The zero-order valence-electron chi connectivity index (χ0n) is 16.4. The van der Waals surface area contributed by atoms with Crippen molar-refractivity contribution in [2.45, 2.75) is 4.90 Å². The first-order chi connectivity index (χ1) is 14.5. The van der Waals surface area contributed by atoms with Crippen molar-refractivity contribution in [3.05, 3.63) is 77.6 Å². The van der Waals surface area contributed by atoms with Crippen LogP contribution < -0.4 is 14.2 Å². The van der Waals surface area contributed by atoms with Crippen molar-refractivity contribution in [3.63, 3.8) is 0 Å². The Morgan fingerprint density at radius 3 is 2.23 bits per heavy atom. The Morgan fingerprint density at radius 1 is 0.967 bits per heavy atom. The van der Waals surface area contributed by atoms with Crippen LogP contribution in [0.2, 0.25) is 0 Å². The van der Waals surface area contributed by atoms with Crippen molar-refractivity contribution < 1.29 is 17.9 Å². The molecule has 0 bridgehead atoms. The van der Waals surface area contributed by atoms with Crippen LogP contribution in [0.25, 0.3) is 12.2 Å². The standard InChI is InChI=1S/C22H19N3O4S/c1-28-19-5-7-21(8-6-19)30(26,27)25-22-17(4-3-16-9-11-24-12-10-16)13-20(29-2)14-18(22)15-23/h3-14,25H,1-2H3/b4-3+. The number of anilines is 1. The Morgan fingerprint density at radius 2 is 1.63 bits per heavy atom. The van der Waals surface area contributed by atoms with Gasteiger partial charge in [0.25, 0.3) is 10.0 Å². The smallest absolute Gasteiger partial charge is 0.261 e. The molecule has 0 fully saturated rings. The van der Waals surface area contributed by atoms with E-state index in [2.05, 4.69) is 9.71 Å². The molecule has 0 radical (unpaired) electrons. The average molecular weight is 421 g/mol. The van der Waals surface area contributed by atoms with Gasteiger partial charge in [-0.3, -0.25) is 9.71 Å². The van der Waals surface area contributed by atoms with Gasteiger partial charge in [0.05, 0.1) is 30.4 Å². The van der Waals surface area contributed by atoms with E-state index in [4.69, 9.17) is 9.47 Å². The zero-order valence-corrected chi connectivity index (χ0v) is 17.2. The second-order valence-electron chi connectivity index (χ2n) is 6.15. The molecular formula is C22H19N3O4S. The molecule has 0 amide bonds. The van der Waals surface area contributed by atoms with E-state index in [1.54, 1.807) is 42.7 Å². The second-order valence-corrected chi connectivity index (χ2v) is 7.83. The van der Waals surface area contributed by atoms with E-state index in [1.165, 1.54) is 32.4 Å². The van der Waals surface area contributed by atoms with E-state index in [9.17, 15) is 13.7 Å². The number of hydrogen-bond donors (Lipinski definition) is 1. The maximum absolute atomic E-state index is 12.9. The Bertz CT molecular complexity index is 1200. The quantitative estimate of drug-likeness (QED) is 0.620. The highest BCUT2D eigenvalue weighted by Gasteiger charge is 2.19. The number of hydrogen-bond acceptors (Lipinski definition) is 6. The van der Waals surface area contributed by atoms with Gasteiger partial charge in [0.15, 0.2) is 0 Å². The summed E-state index contributed by atoms with van der Waals surface area (Å²) in [7, 11) is -0.957. The number of rotatable bonds is 7. The molecular weight excluding hydrogens is 402 g/mol. The summed E-state index contributed by atoms with van der Waals surface area (Å²) in [6.45, 7) is 0. The third kappa shape index (κ3) is 4.77. The normalized spacial score (nSPS) is 11.1. The molecule has 0 aliphatic heterocycles. The molecule has 0 aliphatic carbocycles. The van der Waals surface area contributed by atoms with Crippen LogP contribution in [-0.4, -0.2) is 27.6 Å². The third-order valence-electron chi connectivity index (χ3n) is 4.27. The van der Waals surface area contributed by atoms with Gasteiger partial charge in [-0.05, 0) is 48.0 Å². The molecule has 1 N–H and O–H groups in total. The average Bonchev–Trinajstić information content (AvgIpc) is 2.78. The number of benzene rings is 2. The van der Waals surface area contributed by atoms with Crippen LogP contribution in [0, 0.1) is 11.3 Å². The lowest BCUT2D eigenvalue weighted by Gasteiger charge is -2.14. The fraction of sp³-hybridized carbons (Fsp3) is 0.0909. The highest BCUT2D eigenvalue weighted by Crippen LogP contribution is 2.31. The van der Waals surface area contributed by atoms with Crippen molar-refractivity contribution in [2.75, 3.05) is 18.9 Å². The summed E-state index contributed by atoms with van der Waals surface area (Å²) in [6.07, 6.45) is 6.81. The Hall–Kier alpha value is -3.83. The van der Waals surface area contributed by atoms with E-state index in [0.29, 0.717) is 17.1 Å². The summed E-state index contributed by atoms with van der Waals surface area (Å²) in [5.41, 5.74) is 1.66. The predicted molar refractivity (Wildman–Crippen MR) is 115 cm³/mol. The molecule has 0 unspecified atom stereocenters. The van der Waals surface area contributed by atoms with Gasteiger partial charge in [0.2, 0.25) is 0 Å². The highest BCUT2D eigenvalue weighted by atomic mass is 32.2. The molecule has 152 valence electrons. The predicted octanol–water partition coefficient (Wildman–Crippen LogP) is 3.94. The van der Waals surface area contributed by atoms with Crippen molar-refractivity contribution in [1.29, 1.82) is 5.26 Å². The van der Waals surface area contributed by atoms with E-state index in [-0.39, 0.29) is 16.1 Å². The molecule has 0 spiro atoms. The van der Waals surface area contributed by atoms with Crippen LogP contribution in [-0.2, 0) is 10.0 Å². The molecule has 2 aromatic carbocycles. The summed E-state index contributed by atoms with van der Waals surface area (Å²) in [4.78, 5) is 4.02. The van der Waals surface area contributed by atoms with Gasteiger partial charge in [-0.1, -0.05) is 12.2 Å². The largest absolute Gasteiger partial charge is 0.497 e. The summed E-state index contributed by atoms with van der Waals surface area (Å²) in [5, 5.41) is 9.59. The van der Waals surface area contributed by atoms with Crippen molar-refractivity contribution >= 4 is 27.9 Å². The number of methoxy groups -OCH3 is 2. The number of nitrogens with zero attached hydrogens (tertiary/aromatic N) is 2. The molecule has 30 heavy (non-hydrogen) atoms. The van der Waals surface area contributed by atoms with Gasteiger partial charge in [-0.15, -0.1) is 0 Å². The number of pyridine rings is 1. The van der Waals surface area contributed by atoms with Gasteiger partial charge in [-0.25, -0.2) is 8.42 Å². The third-order valence-corrected chi connectivity index (χ3v) is 5.63. The minimum atomic E-state index is -3.94. The molecule has 7 nitrogen and oxygen atoms in total. The summed E-state index contributed by atoms with van der Waals surface area (Å²) in [6, 6.07) is 14.8. The van der Waals surface area contributed by atoms with Gasteiger partial charge in [0.1, 0.15) is 17.6 Å². The van der Waals surface area contributed by atoms with E-state index < -0.39 is 10.0 Å². The van der Waals surface area contributed by atoms with E-state index in [1.807, 2.05) is 18.2 Å². The van der Waals surface area contributed by atoms with Gasteiger partial charge >= 0.3 is 0 Å². The fourth-order valence-electron chi connectivity index (χ4n) is 2.70. The number of aromatic nitrogens is 1. The molecule has 3 aromatic rings. The van der Waals surface area contributed by atoms with Crippen LogP contribution in [0.1, 0.15) is 16.7 Å². The first-order valence-corrected chi connectivity index (χ1v) is 10.3. The number of ether oxygens (including phenoxy) is 2. The zero-order chi connectivity index (χ0) is 21.6. The lowest BCUT2D eigenvalue weighted by atomic mass is 10.1. The summed E-state index contributed by atoms with van der Waals surface area (Å²) < 4.78 is 38.7. The molecule has 3 rings (SSSR count). The molecule has 0 aliphatic rings. The Balaban J connectivity index is 2.05. The second kappa shape index (κ2) is 9.11. The molecule has 8 heteroatoms. The molecule has 0 saturated heterocycles. The molecule has 0 atom stereocenters. The topological polar surface area (TPSA) is 101 Å². The molecule has 1 aromatic heterocycles. The van der Waals surface area contributed by atoms with E-state index in [0.717, 1.165) is 5.56 Å². The monoisotopic (exact) mass is 421 g/mol. The minimum absolute atomic E-state index is 0.0482. The number of sulfonamides is 1. The maximum Gasteiger partial charge on any atom is 0.261 e. The lowest BCUT2D eigenvalue weighted by molar-refractivity contribution is 0.414. The first kappa shape index (κ1) is 20.9. The van der Waals surface area contributed by atoms with Gasteiger partial charge in [0, 0.05) is 24.0 Å². The van der Waals surface area contributed by atoms with Crippen LogP contribution in [0.15, 0.2) is 65.8 Å². The lowest BCUT2D eigenvalue weighted by Crippen LogP contribution is -2.15. The van der Waals surface area contributed by atoms with Crippen LogP contribution in [0.3, 0.4) is 0 Å². The van der Waals surface area contributed by atoms with Crippen LogP contribution in [0.5, 0.6) is 11.5 Å². The van der Waals surface area contributed by atoms with Crippen molar-refractivity contribution in [3.8, 4) is 17.6 Å².